The fourth-order valence-electron chi connectivity index (χ4n) is 2.34. The standard InChI is InChI=1S/C16H20N2O3/c1-4-21-16(19)14-13(9-10(2)18-15(14)17)11-5-7-12(20-3)8-6-11/h5-9,13,18H,4,17H2,1-3H3. The number of nitrogens with one attached hydrogen (secondary N) is 1. The summed E-state index contributed by atoms with van der Waals surface area (Å²) in [5, 5.41) is 2.98. The van der Waals surface area contributed by atoms with Crippen molar-refractivity contribution in [3.63, 3.8) is 0 Å². The van der Waals surface area contributed by atoms with E-state index in [4.69, 9.17) is 15.2 Å². The summed E-state index contributed by atoms with van der Waals surface area (Å²) in [7, 11) is 1.62. The van der Waals surface area contributed by atoms with E-state index in [9.17, 15) is 4.79 Å². The molecule has 3 N–H and O–H groups in total. The highest BCUT2D eigenvalue weighted by molar-refractivity contribution is 5.92. The molecule has 1 aliphatic rings. The zero-order valence-electron chi connectivity index (χ0n) is 12.5. The van der Waals surface area contributed by atoms with Gasteiger partial charge in [0.05, 0.1) is 19.3 Å². The van der Waals surface area contributed by atoms with Crippen molar-refractivity contribution in [2.75, 3.05) is 13.7 Å². The van der Waals surface area contributed by atoms with Crippen molar-refractivity contribution in [1.82, 2.24) is 5.32 Å². The monoisotopic (exact) mass is 288 g/mol. The van der Waals surface area contributed by atoms with Crippen molar-refractivity contribution in [1.29, 1.82) is 0 Å². The molecule has 0 fully saturated rings. The first-order valence-electron chi connectivity index (χ1n) is 6.83. The Morgan fingerprint density at radius 1 is 1.33 bits per heavy atom. The van der Waals surface area contributed by atoms with Crippen LogP contribution in [0.5, 0.6) is 5.75 Å². The number of carbonyl (C=O) groups excluding carboxylic acids is 1. The molecule has 5 heteroatoms. The first-order chi connectivity index (χ1) is 10.1. The summed E-state index contributed by atoms with van der Waals surface area (Å²) in [4.78, 5) is 12.2. The smallest absolute Gasteiger partial charge is 0.338 e. The van der Waals surface area contributed by atoms with Crippen LogP contribution in [0.3, 0.4) is 0 Å². The maximum Gasteiger partial charge on any atom is 0.338 e. The molecule has 21 heavy (non-hydrogen) atoms. The average molecular weight is 288 g/mol. The molecule has 1 unspecified atom stereocenters. The number of hydrogen-bond acceptors (Lipinski definition) is 5. The lowest BCUT2D eigenvalue weighted by Crippen LogP contribution is -2.31. The van der Waals surface area contributed by atoms with Gasteiger partial charge in [-0.2, -0.15) is 0 Å². The van der Waals surface area contributed by atoms with Crippen LogP contribution in [0.2, 0.25) is 0 Å². The van der Waals surface area contributed by atoms with Crippen molar-refractivity contribution in [3.8, 4) is 5.75 Å². The van der Waals surface area contributed by atoms with Crippen molar-refractivity contribution < 1.29 is 14.3 Å². The molecule has 2 rings (SSSR count). The van der Waals surface area contributed by atoms with Gasteiger partial charge in [-0.3, -0.25) is 0 Å². The molecule has 0 saturated heterocycles. The van der Waals surface area contributed by atoms with Gasteiger partial charge in [0.15, 0.2) is 0 Å². The fraction of sp³-hybridized carbons (Fsp3) is 0.312. The normalized spacial score (nSPS) is 17.9. The van der Waals surface area contributed by atoms with Gasteiger partial charge >= 0.3 is 5.97 Å². The predicted molar refractivity (Wildman–Crippen MR) is 80.5 cm³/mol. The zero-order valence-corrected chi connectivity index (χ0v) is 12.5. The summed E-state index contributed by atoms with van der Waals surface area (Å²) in [6.45, 7) is 3.99. The molecule has 0 bridgehead atoms. The molecule has 1 atom stereocenters. The number of nitrogens with two attached hydrogens (primary N) is 1. The maximum atomic E-state index is 12.2. The van der Waals surface area contributed by atoms with Crippen LogP contribution in [0, 0.1) is 0 Å². The summed E-state index contributed by atoms with van der Waals surface area (Å²) < 4.78 is 10.3. The fourth-order valence-corrected chi connectivity index (χ4v) is 2.34. The minimum atomic E-state index is -0.396. The van der Waals surface area contributed by atoms with E-state index in [1.54, 1.807) is 14.0 Å². The van der Waals surface area contributed by atoms with E-state index in [-0.39, 0.29) is 5.92 Å². The van der Waals surface area contributed by atoms with E-state index in [0.29, 0.717) is 18.0 Å². The van der Waals surface area contributed by atoms with E-state index in [2.05, 4.69) is 5.32 Å². The summed E-state index contributed by atoms with van der Waals surface area (Å²) >= 11 is 0. The van der Waals surface area contributed by atoms with Gasteiger partial charge in [0, 0.05) is 11.6 Å². The number of methoxy groups -OCH3 is 1. The molecule has 0 aromatic heterocycles. The highest BCUT2D eigenvalue weighted by Gasteiger charge is 2.28. The molecule has 1 aliphatic heterocycles. The lowest BCUT2D eigenvalue weighted by atomic mass is 9.88. The SMILES string of the molecule is CCOC(=O)C1=C(N)NC(C)=CC1c1ccc(OC)cc1. The molecular weight excluding hydrogens is 268 g/mol. The van der Waals surface area contributed by atoms with E-state index in [1.807, 2.05) is 37.3 Å². The lowest BCUT2D eigenvalue weighted by molar-refractivity contribution is -0.138. The van der Waals surface area contributed by atoms with Crippen molar-refractivity contribution >= 4 is 5.97 Å². The second-order valence-corrected chi connectivity index (χ2v) is 4.77. The largest absolute Gasteiger partial charge is 0.497 e. The van der Waals surface area contributed by atoms with Gasteiger partial charge in [0.25, 0.3) is 0 Å². The van der Waals surface area contributed by atoms with Crippen LogP contribution in [-0.4, -0.2) is 19.7 Å². The van der Waals surface area contributed by atoms with Crippen LogP contribution in [0.4, 0.5) is 0 Å². The van der Waals surface area contributed by atoms with Gasteiger partial charge < -0.3 is 20.5 Å². The molecule has 1 heterocycles. The third-order valence-corrected chi connectivity index (χ3v) is 3.32. The zero-order chi connectivity index (χ0) is 15.4. The second kappa shape index (κ2) is 6.35. The number of benzene rings is 1. The summed E-state index contributed by atoms with van der Waals surface area (Å²) in [6.07, 6.45) is 1.96. The van der Waals surface area contributed by atoms with Crippen LogP contribution in [0.1, 0.15) is 25.3 Å². The number of hydrogen-bond donors (Lipinski definition) is 2. The maximum absolute atomic E-state index is 12.2. The number of carbonyl (C=O) groups is 1. The topological polar surface area (TPSA) is 73.6 Å². The van der Waals surface area contributed by atoms with Gasteiger partial charge in [-0.05, 0) is 31.5 Å². The molecule has 5 nitrogen and oxygen atoms in total. The molecule has 1 aromatic carbocycles. The summed E-state index contributed by atoms with van der Waals surface area (Å²) in [5.41, 5.74) is 8.29. The molecule has 112 valence electrons. The average Bonchev–Trinajstić information content (AvgIpc) is 2.46. The van der Waals surface area contributed by atoms with Crippen molar-refractivity contribution in [2.24, 2.45) is 5.73 Å². The van der Waals surface area contributed by atoms with Crippen LogP contribution in [0.25, 0.3) is 0 Å². The van der Waals surface area contributed by atoms with Gasteiger partial charge in [-0.25, -0.2) is 4.79 Å². The molecule has 0 aliphatic carbocycles. The minimum Gasteiger partial charge on any atom is -0.497 e. The number of ether oxygens (including phenoxy) is 2. The van der Waals surface area contributed by atoms with Gasteiger partial charge in [0.2, 0.25) is 0 Å². The molecule has 1 aromatic rings. The van der Waals surface area contributed by atoms with E-state index in [0.717, 1.165) is 17.0 Å². The van der Waals surface area contributed by atoms with Crippen LogP contribution in [0.15, 0.2) is 47.4 Å². The molecule has 0 radical (unpaired) electrons. The Morgan fingerprint density at radius 3 is 2.57 bits per heavy atom. The second-order valence-electron chi connectivity index (χ2n) is 4.77. The number of dihydropyridines is 1. The van der Waals surface area contributed by atoms with E-state index >= 15 is 0 Å². The molecule has 0 amide bonds. The highest BCUT2D eigenvalue weighted by atomic mass is 16.5. The van der Waals surface area contributed by atoms with Crippen LogP contribution < -0.4 is 15.8 Å². The third-order valence-electron chi connectivity index (χ3n) is 3.32. The first kappa shape index (κ1) is 15.0. The van der Waals surface area contributed by atoms with Gasteiger partial charge in [-0.15, -0.1) is 0 Å². The van der Waals surface area contributed by atoms with E-state index < -0.39 is 5.97 Å². The molecule has 0 spiro atoms. The molecule has 0 saturated carbocycles. The Bertz CT molecular complexity index is 588. The van der Waals surface area contributed by atoms with Crippen molar-refractivity contribution in [3.05, 3.63) is 53.0 Å². The molecular formula is C16H20N2O3. The number of rotatable bonds is 4. The lowest BCUT2D eigenvalue weighted by Gasteiger charge is -2.25. The number of esters is 1. The van der Waals surface area contributed by atoms with Gasteiger partial charge in [-0.1, -0.05) is 18.2 Å². The Balaban J connectivity index is 2.40. The van der Waals surface area contributed by atoms with Crippen LogP contribution >= 0.6 is 0 Å². The highest BCUT2D eigenvalue weighted by Crippen LogP contribution is 2.32. The predicted octanol–water partition coefficient (Wildman–Crippen LogP) is 2.02. The summed E-state index contributed by atoms with van der Waals surface area (Å²) in [5.74, 6) is 0.487. The number of allylic oxidation sites excluding steroid dienone is 2. The Kier molecular flexibility index (Phi) is 4.52. The minimum absolute atomic E-state index is 0.226. The quantitative estimate of drug-likeness (QED) is 0.829. The Labute approximate surface area is 124 Å². The Morgan fingerprint density at radius 2 is 2.00 bits per heavy atom. The van der Waals surface area contributed by atoms with Crippen molar-refractivity contribution in [2.45, 2.75) is 19.8 Å². The van der Waals surface area contributed by atoms with E-state index in [1.165, 1.54) is 0 Å². The third kappa shape index (κ3) is 3.18. The first-order valence-corrected chi connectivity index (χ1v) is 6.83. The summed E-state index contributed by atoms with van der Waals surface area (Å²) in [6, 6.07) is 7.56. The Hall–Kier alpha value is -2.43. The van der Waals surface area contributed by atoms with Crippen LogP contribution in [-0.2, 0) is 9.53 Å². The van der Waals surface area contributed by atoms with Gasteiger partial charge in [0.1, 0.15) is 11.6 Å².